The van der Waals surface area contributed by atoms with E-state index in [1.54, 1.807) is 0 Å². The number of benzene rings is 1. The second-order valence-electron chi connectivity index (χ2n) is 7.41. The van der Waals surface area contributed by atoms with Crippen molar-refractivity contribution >= 4 is 39.1 Å². The molecule has 1 aromatic carbocycles. The smallest absolute Gasteiger partial charge is 0.270 e. The first-order valence-electron chi connectivity index (χ1n) is 9.69. The lowest BCUT2D eigenvalue weighted by atomic mass is 9.88. The maximum absolute atomic E-state index is 12.6. The van der Waals surface area contributed by atoms with Crippen molar-refractivity contribution in [2.75, 3.05) is 38.0 Å². The molecule has 28 heavy (non-hydrogen) atoms. The molecule has 1 saturated heterocycles. The van der Waals surface area contributed by atoms with Crippen LogP contribution >= 0.6 is 15.9 Å². The Labute approximate surface area is 172 Å². The number of rotatable bonds is 5. The molecule has 152 valence electrons. The average molecular weight is 453 g/mol. The molecular formula is C19H25BrN4O4. The van der Waals surface area contributed by atoms with E-state index in [-0.39, 0.29) is 30.0 Å². The molecule has 2 fully saturated rings. The number of non-ortho nitro benzene ring substituents is 1. The van der Waals surface area contributed by atoms with E-state index in [1.807, 2.05) is 9.80 Å². The highest BCUT2D eigenvalue weighted by molar-refractivity contribution is 9.10. The fourth-order valence-corrected chi connectivity index (χ4v) is 4.31. The van der Waals surface area contributed by atoms with Crippen LogP contribution in [0.3, 0.4) is 0 Å². The van der Waals surface area contributed by atoms with Crippen LogP contribution in [0.15, 0.2) is 22.7 Å². The molecule has 0 unspecified atom stereocenters. The lowest BCUT2D eigenvalue weighted by Gasteiger charge is -2.36. The van der Waals surface area contributed by atoms with Crippen LogP contribution in [0.5, 0.6) is 0 Å². The average Bonchev–Trinajstić information content (AvgIpc) is 2.70. The Morgan fingerprint density at radius 1 is 1.14 bits per heavy atom. The molecule has 2 amide bonds. The minimum Gasteiger partial charge on any atom is -0.340 e. The van der Waals surface area contributed by atoms with Gasteiger partial charge in [-0.25, -0.2) is 0 Å². The molecule has 1 saturated carbocycles. The number of halogens is 1. The zero-order chi connectivity index (χ0) is 20.1. The first kappa shape index (κ1) is 20.7. The van der Waals surface area contributed by atoms with Crippen molar-refractivity contribution in [3.8, 4) is 0 Å². The zero-order valence-electron chi connectivity index (χ0n) is 15.7. The second kappa shape index (κ2) is 9.47. The molecular weight excluding hydrogens is 428 g/mol. The van der Waals surface area contributed by atoms with Gasteiger partial charge in [0.15, 0.2) is 0 Å². The van der Waals surface area contributed by atoms with Gasteiger partial charge in [-0.05, 0) is 34.8 Å². The van der Waals surface area contributed by atoms with Crippen LogP contribution in [-0.4, -0.2) is 59.3 Å². The van der Waals surface area contributed by atoms with Crippen molar-refractivity contribution in [3.05, 3.63) is 32.8 Å². The number of piperazine rings is 1. The van der Waals surface area contributed by atoms with Gasteiger partial charge in [-0.2, -0.15) is 0 Å². The highest BCUT2D eigenvalue weighted by Crippen LogP contribution is 2.27. The fraction of sp³-hybridized carbons (Fsp3) is 0.579. The molecule has 1 N–H and O–H groups in total. The monoisotopic (exact) mass is 452 g/mol. The minimum absolute atomic E-state index is 0.0383. The first-order chi connectivity index (χ1) is 13.4. The van der Waals surface area contributed by atoms with Gasteiger partial charge in [-0.3, -0.25) is 24.6 Å². The van der Waals surface area contributed by atoms with E-state index in [9.17, 15) is 19.7 Å². The van der Waals surface area contributed by atoms with Gasteiger partial charge < -0.3 is 10.2 Å². The normalized spacial score (nSPS) is 18.7. The minimum atomic E-state index is -0.482. The largest absolute Gasteiger partial charge is 0.340 e. The summed E-state index contributed by atoms with van der Waals surface area (Å²) in [5.74, 6) is 0.281. The highest BCUT2D eigenvalue weighted by Gasteiger charge is 2.28. The summed E-state index contributed by atoms with van der Waals surface area (Å²) in [6.45, 7) is 2.89. The Morgan fingerprint density at radius 2 is 1.82 bits per heavy atom. The second-order valence-corrected chi connectivity index (χ2v) is 8.26. The first-order valence-corrected chi connectivity index (χ1v) is 10.5. The van der Waals surface area contributed by atoms with E-state index in [4.69, 9.17) is 0 Å². The van der Waals surface area contributed by atoms with Crippen molar-refractivity contribution in [1.82, 2.24) is 9.80 Å². The Bertz CT molecular complexity index is 743. The van der Waals surface area contributed by atoms with Gasteiger partial charge in [-0.1, -0.05) is 19.3 Å². The van der Waals surface area contributed by atoms with Crippen molar-refractivity contribution in [3.63, 3.8) is 0 Å². The summed E-state index contributed by atoms with van der Waals surface area (Å²) in [6.07, 6.45) is 5.54. The predicted octanol–water partition coefficient (Wildman–Crippen LogP) is 3.02. The molecule has 1 aliphatic carbocycles. The van der Waals surface area contributed by atoms with Crippen molar-refractivity contribution in [2.45, 2.75) is 32.1 Å². The number of anilines is 1. The molecule has 2 aliphatic rings. The van der Waals surface area contributed by atoms with Crippen molar-refractivity contribution in [2.24, 2.45) is 5.92 Å². The summed E-state index contributed by atoms with van der Waals surface area (Å²) in [4.78, 5) is 39.2. The van der Waals surface area contributed by atoms with Crippen molar-refractivity contribution < 1.29 is 14.5 Å². The molecule has 1 heterocycles. The fourth-order valence-electron chi connectivity index (χ4n) is 3.85. The zero-order valence-corrected chi connectivity index (χ0v) is 17.3. The number of amides is 2. The van der Waals surface area contributed by atoms with Crippen LogP contribution in [-0.2, 0) is 9.59 Å². The van der Waals surface area contributed by atoms with Gasteiger partial charge in [0, 0.05) is 48.7 Å². The number of nitrogens with zero attached hydrogens (tertiary/aromatic N) is 3. The number of hydrogen-bond donors (Lipinski definition) is 1. The molecule has 9 heteroatoms. The van der Waals surface area contributed by atoms with E-state index in [2.05, 4.69) is 21.2 Å². The van der Waals surface area contributed by atoms with Gasteiger partial charge in [0.1, 0.15) is 0 Å². The van der Waals surface area contributed by atoms with Gasteiger partial charge in [0.25, 0.3) is 5.69 Å². The van der Waals surface area contributed by atoms with E-state index in [1.165, 1.54) is 24.6 Å². The van der Waals surface area contributed by atoms with Gasteiger partial charge in [0.05, 0.1) is 17.2 Å². The number of carbonyl (C=O) groups is 2. The highest BCUT2D eigenvalue weighted by atomic mass is 79.9. The SMILES string of the molecule is O=C(CN1CCN(C(=O)C2CCCCC2)CC1)Nc1ccc([N+](=O)[O-])cc1Br. The Hall–Kier alpha value is -2.00. The van der Waals surface area contributed by atoms with E-state index < -0.39 is 4.92 Å². The van der Waals surface area contributed by atoms with Crippen LogP contribution in [0.25, 0.3) is 0 Å². The Kier molecular flexibility index (Phi) is 7.01. The molecule has 8 nitrogen and oxygen atoms in total. The van der Waals surface area contributed by atoms with Crippen LogP contribution in [0.4, 0.5) is 11.4 Å². The van der Waals surface area contributed by atoms with Crippen LogP contribution in [0, 0.1) is 16.0 Å². The maximum Gasteiger partial charge on any atom is 0.270 e. The third-order valence-electron chi connectivity index (χ3n) is 5.44. The number of nitro benzene ring substituents is 1. The molecule has 0 radical (unpaired) electrons. The Balaban J connectivity index is 1.46. The number of nitro groups is 1. The van der Waals surface area contributed by atoms with Crippen LogP contribution in [0.1, 0.15) is 32.1 Å². The third-order valence-corrected chi connectivity index (χ3v) is 6.10. The molecule has 0 bridgehead atoms. The topological polar surface area (TPSA) is 95.8 Å². The summed E-state index contributed by atoms with van der Waals surface area (Å²) in [5.41, 5.74) is 0.463. The number of hydrogen-bond acceptors (Lipinski definition) is 5. The summed E-state index contributed by atoms with van der Waals surface area (Å²) in [6, 6.07) is 4.24. The quantitative estimate of drug-likeness (QED) is 0.546. The maximum atomic E-state index is 12.6. The standard InChI is InChI=1S/C19H25BrN4O4/c20-16-12-15(24(27)28)6-7-17(16)21-18(25)13-22-8-10-23(11-9-22)19(26)14-4-2-1-3-5-14/h6-7,12,14H,1-5,8-11,13H2,(H,21,25). The Morgan fingerprint density at radius 3 is 2.43 bits per heavy atom. The molecule has 1 aliphatic heterocycles. The molecule has 0 spiro atoms. The van der Waals surface area contributed by atoms with Gasteiger partial charge >= 0.3 is 0 Å². The summed E-state index contributed by atoms with van der Waals surface area (Å²) < 4.78 is 0.470. The van der Waals surface area contributed by atoms with Gasteiger partial charge in [0.2, 0.25) is 11.8 Å². The number of nitrogens with one attached hydrogen (secondary N) is 1. The van der Waals surface area contributed by atoms with Crippen LogP contribution < -0.4 is 5.32 Å². The predicted molar refractivity (Wildman–Crippen MR) is 109 cm³/mol. The van der Waals surface area contributed by atoms with Gasteiger partial charge in [-0.15, -0.1) is 0 Å². The molecule has 1 aromatic rings. The third kappa shape index (κ3) is 5.29. The van der Waals surface area contributed by atoms with Crippen molar-refractivity contribution in [1.29, 1.82) is 0 Å². The summed E-state index contributed by atoms with van der Waals surface area (Å²) in [7, 11) is 0. The molecule has 0 atom stereocenters. The van der Waals surface area contributed by atoms with E-state index >= 15 is 0 Å². The van der Waals surface area contributed by atoms with E-state index in [0.29, 0.717) is 36.3 Å². The summed E-state index contributed by atoms with van der Waals surface area (Å²) in [5, 5.41) is 13.6. The lowest BCUT2D eigenvalue weighted by molar-refractivity contribution is -0.384. The number of carbonyl (C=O) groups excluding carboxylic acids is 2. The lowest BCUT2D eigenvalue weighted by Crippen LogP contribution is -2.52. The molecule has 0 aromatic heterocycles. The van der Waals surface area contributed by atoms with E-state index in [0.717, 1.165) is 25.7 Å². The summed E-state index contributed by atoms with van der Waals surface area (Å²) >= 11 is 3.25. The molecule has 3 rings (SSSR count). The van der Waals surface area contributed by atoms with Crippen LogP contribution in [0.2, 0.25) is 0 Å².